The van der Waals surface area contributed by atoms with Gasteiger partial charge in [0.2, 0.25) is 0 Å². The van der Waals surface area contributed by atoms with E-state index < -0.39 is 11.0 Å². The lowest BCUT2D eigenvalue weighted by atomic mass is 10.2. The highest BCUT2D eigenvalue weighted by molar-refractivity contribution is 7.85. The second kappa shape index (κ2) is 6.66. The fourth-order valence-electron chi connectivity index (χ4n) is 2.96. The van der Waals surface area contributed by atoms with Crippen LogP contribution < -0.4 is 10.5 Å². The summed E-state index contributed by atoms with van der Waals surface area (Å²) in [5, 5.41) is 16.6. The maximum atomic E-state index is 11.5. The molecular weight excluding hydrogens is 404 g/mol. The predicted molar refractivity (Wildman–Crippen MR) is 107 cm³/mol. The molecule has 3 aromatic heterocycles. The summed E-state index contributed by atoms with van der Waals surface area (Å²) in [6, 6.07) is 5.59. The van der Waals surface area contributed by atoms with E-state index in [0.29, 0.717) is 38.5 Å². The summed E-state index contributed by atoms with van der Waals surface area (Å²) in [5.41, 5.74) is 1.99. The molecule has 27 heavy (non-hydrogen) atoms. The van der Waals surface area contributed by atoms with Crippen LogP contribution in [0.25, 0.3) is 10.7 Å². The highest BCUT2D eigenvalue weighted by Crippen LogP contribution is 2.45. The standard InChI is InChI=1S/C17H17ClN6OS2/c18-14-15(9-3-4-9)21-16(11-5-6-13(26-11)27(19)25)22-17(14)20-12-7-10(23-24-12)8-1-2-8/h5-9H,1-4,19H2,(H2,20,21,22,23,24). The maximum absolute atomic E-state index is 11.5. The number of hydrogen-bond acceptors (Lipinski definition) is 6. The van der Waals surface area contributed by atoms with Gasteiger partial charge in [-0.3, -0.25) is 5.10 Å². The highest BCUT2D eigenvalue weighted by atomic mass is 35.5. The summed E-state index contributed by atoms with van der Waals surface area (Å²) >= 11 is 7.93. The summed E-state index contributed by atoms with van der Waals surface area (Å²) in [6.45, 7) is 0. The topological polar surface area (TPSA) is 110 Å². The van der Waals surface area contributed by atoms with E-state index in [4.69, 9.17) is 16.7 Å². The first-order valence-corrected chi connectivity index (χ1v) is 11.2. The Morgan fingerprint density at radius 3 is 2.67 bits per heavy atom. The average molecular weight is 421 g/mol. The molecule has 140 valence electrons. The zero-order valence-electron chi connectivity index (χ0n) is 14.2. The van der Waals surface area contributed by atoms with Gasteiger partial charge in [0.25, 0.3) is 0 Å². The number of H-pyrrole nitrogens is 1. The van der Waals surface area contributed by atoms with Gasteiger partial charge in [-0.1, -0.05) is 11.6 Å². The van der Waals surface area contributed by atoms with E-state index in [0.717, 1.165) is 29.1 Å². The normalized spacial score (nSPS) is 17.9. The number of hydrogen-bond donors (Lipinski definition) is 3. The van der Waals surface area contributed by atoms with Crippen LogP contribution in [0, 0.1) is 0 Å². The monoisotopic (exact) mass is 420 g/mol. The minimum atomic E-state index is -1.51. The first kappa shape index (κ1) is 17.3. The van der Waals surface area contributed by atoms with E-state index in [1.807, 2.05) is 12.1 Å². The van der Waals surface area contributed by atoms with Crippen LogP contribution in [0.15, 0.2) is 22.4 Å². The average Bonchev–Trinajstić information content (AvgIpc) is 3.57. The molecule has 2 aliphatic rings. The molecule has 10 heteroatoms. The van der Waals surface area contributed by atoms with E-state index in [2.05, 4.69) is 25.5 Å². The number of nitrogens with two attached hydrogens (primary N) is 1. The predicted octanol–water partition coefficient (Wildman–Crippen LogP) is 4.06. The van der Waals surface area contributed by atoms with E-state index >= 15 is 0 Å². The molecule has 0 amide bonds. The molecule has 2 aliphatic carbocycles. The van der Waals surface area contributed by atoms with Gasteiger partial charge in [-0.25, -0.2) is 19.3 Å². The van der Waals surface area contributed by atoms with E-state index in [1.54, 1.807) is 6.07 Å². The van der Waals surface area contributed by atoms with Crippen molar-refractivity contribution in [1.82, 2.24) is 20.2 Å². The largest absolute Gasteiger partial charge is 0.322 e. The fraction of sp³-hybridized carbons (Fsp3) is 0.353. The van der Waals surface area contributed by atoms with Crippen molar-refractivity contribution in [2.75, 3.05) is 5.32 Å². The van der Waals surface area contributed by atoms with Gasteiger partial charge in [0.1, 0.15) is 20.2 Å². The quantitative estimate of drug-likeness (QED) is 0.557. The Morgan fingerprint density at radius 1 is 1.22 bits per heavy atom. The molecule has 0 saturated heterocycles. The third-order valence-electron chi connectivity index (χ3n) is 4.70. The SMILES string of the molecule is NS(=O)c1ccc(-c2nc(Nc3cc(C4CC4)[nH]n3)c(Cl)c(C3CC3)n2)s1. The molecule has 5 rings (SSSR count). The van der Waals surface area contributed by atoms with E-state index in [1.165, 1.54) is 24.2 Å². The lowest BCUT2D eigenvalue weighted by molar-refractivity contribution is 0.685. The van der Waals surface area contributed by atoms with Gasteiger partial charge in [-0.2, -0.15) is 5.10 Å². The summed E-state index contributed by atoms with van der Waals surface area (Å²) in [6.07, 6.45) is 4.56. The van der Waals surface area contributed by atoms with Gasteiger partial charge < -0.3 is 5.32 Å². The number of anilines is 2. The Balaban J connectivity index is 1.52. The molecule has 2 fully saturated rings. The van der Waals surface area contributed by atoms with Crippen LogP contribution >= 0.6 is 22.9 Å². The van der Waals surface area contributed by atoms with Crippen molar-refractivity contribution < 1.29 is 4.21 Å². The van der Waals surface area contributed by atoms with Crippen molar-refractivity contribution >= 4 is 45.6 Å². The van der Waals surface area contributed by atoms with E-state index in [-0.39, 0.29) is 0 Å². The van der Waals surface area contributed by atoms with Gasteiger partial charge >= 0.3 is 0 Å². The second-order valence-electron chi connectivity index (χ2n) is 6.89. The van der Waals surface area contributed by atoms with Crippen molar-refractivity contribution in [3.05, 3.63) is 34.6 Å². The molecule has 1 atom stereocenters. The highest BCUT2D eigenvalue weighted by Gasteiger charge is 2.31. The van der Waals surface area contributed by atoms with Gasteiger partial charge in [0, 0.05) is 23.6 Å². The number of aromatic amines is 1. The first-order valence-electron chi connectivity index (χ1n) is 8.74. The molecule has 1 unspecified atom stereocenters. The van der Waals surface area contributed by atoms with Crippen molar-refractivity contribution in [2.45, 2.75) is 41.7 Å². The molecule has 3 aromatic rings. The molecule has 0 bridgehead atoms. The summed E-state index contributed by atoms with van der Waals surface area (Å²) in [7, 11) is -1.51. The van der Waals surface area contributed by atoms with Crippen LogP contribution in [0.5, 0.6) is 0 Å². The van der Waals surface area contributed by atoms with Crippen molar-refractivity contribution in [3.63, 3.8) is 0 Å². The fourth-order valence-corrected chi connectivity index (χ4v) is 4.72. The Kier molecular flexibility index (Phi) is 4.27. The van der Waals surface area contributed by atoms with Gasteiger partial charge in [-0.05, 0) is 37.8 Å². The lowest BCUT2D eigenvalue weighted by Crippen LogP contribution is -2.02. The van der Waals surface area contributed by atoms with Crippen molar-refractivity contribution in [3.8, 4) is 10.7 Å². The van der Waals surface area contributed by atoms with Crippen molar-refractivity contribution in [1.29, 1.82) is 0 Å². The number of thiophene rings is 1. The van der Waals surface area contributed by atoms with E-state index in [9.17, 15) is 4.21 Å². The number of nitrogens with zero attached hydrogens (tertiary/aromatic N) is 3. The molecule has 0 spiro atoms. The molecule has 3 heterocycles. The zero-order chi connectivity index (χ0) is 18.5. The molecule has 0 aromatic carbocycles. The minimum absolute atomic E-state index is 0.365. The summed E-state index contributed by atoms with van der Waals surface area (Å²) in [5.74, 6) is 2.75. The van der Waals surface area contributed by atoms with Crippen LogP contribution in [-0.2, 0) is 11.0 Å². The van der Waals surface area contributed by atoms with Crippen LogP contribution in [-0.4, -0.2) is 24.4 Å². The second-order valence-corrected chi connectivity index (χ2v) is 9.65. The van der Waals surface area contributed by atoms with Gasteiger partial charge in [0.05, 0.1) is 10.6 Å². The number of aromatic nitrogens is 4. The Morgan fingerprint density at radius 2 is 2.00 bits per heavy atom. The molecular formula is C17H17ClN6OS2. The van der Waals surface area contributed by atoms with Gasteiger partial charge in [-0.15, -0.1) is 11.3 Å². The smallest absolute Gasteiger partial charge is 0.172 e. The number of rotatable bonds is 6. The van der Waals surface area contributed by atoms with Crippen molar-refractivity contribution in [2.24, 2.45) is 5.14 Å². The van der Waals surface area contributed by atoms with Crippen LogP contribution in [0.2, 0.25) is 5.02 Å². The molecule has 4 N–H and O–H groups in total. The maximum Gasteiger partial charge on any atom is 0.172 e. The summed E-state index contributed by atoms with van der Waals surface area (Å²) in [4.78, 5) is 10.1. The Hall–Kier alpha value is -1.81. The minimum Gasteiger partial charge on any atom is -0.322 e. The molecule has 7 nitrogen and oxygen atoms in total. The van der Waals surface area contributed by atoms with Crippen LogP contribution in [0.3, 0.4) is 0 Å². The van der Waals surface area contributed by atoms with Crippen LogP contribution in [0.1, 0.15) is 48.9 Å². The Labute approximate surface area is 167 Å². The third kappa shape index (κ3) is 3.52. The van der Waals surface area contributed by atoms with Crippen LogP contribution in [0.4, 0.5) is 11.6 Å². The lowest BCUT2D eigenvalue weighted by Gasteiger charge is -2.10. The molecule has 0 radical (unpaired) electrons. The molecule has 2 saturated carbocycles. The number of nitrogens with one attached hydrogen (secondary N) is 2. The zero-order valence-corrected chi connectivity index (χ0v) is 16.6. The Bertz CT molecular complexity index is 1040. The van der Waals surface area contributed by atoms with Gasteiger partial charge in [0.15, 0.2) is 17.5 Å². The third-order valence-corrected chi connectivity index (χ3v) is 7.23. The molecule has 0 aliphatic heterocycles. The first-order chi connectivity index (χ1) is 13.1. The number of halogens is 1. The summed E-state index contributed by atoms with van der Waals surface area (Å²) < 4.78 is 12.1.